The first-order valence-corrected chi connectivity index (χ1v) is 11.4. The van der Waals surface area contributed by atoms with Crippen LogP contribution in [0.4, 0.5) is 5.69 Å². The van der Waals surface area contributed by atoms with Crippen molar-refractivity contribution >= 4 is 32.8 Å². The highest BCUT2D eigenvalue weighted by Crippen LogP contribution is 2.32. The number of amides is 1. The lowest BCUT2D eigenvalue weighted by atomic mass is 10.2. The summed E-state index contributed by atoms with van der Waals surface area (Å²) in [4.78, 5) is 13.2. The summed E-state index contributed by atoms with van der Waals surface area (Å²) in [7, 11) is -3.66. The van der Waals surface area contributed by atoms with E-state index in [-0.39, 0.29) is 14.0 Å². The molecule has 3 rings (SSSR count). The van der Waals surface area contributed by atoms with Crippen LogP contribution < -0.4 is 14.8 Å². The molecule has 0 bridgehead atoms. The van der Waals surface area contributed by atoms with Crippen LogP contribution in [0.2, 0.25) is 0 Å². The molecule has 0 unspecified atom stereocenters. The fourth-order valence-corrected chi connectivity index (χ4v) is 5.26. The van der Waals surface area contributed by atoms with Crippen LogP contribution in [0.25, 0.3) is 0 Å². The molecule has 0 spiro atoms. The first-order chi connectivity index (χ1) is 14.0. The number of carbonyl (C=O) groups is 1. The Hall–Kier alpha value is -2.84. The van der Waals surface area contributed by atoms with Gasteiger partial charge < -0.3 is 14.8 Å². The Bertz CT molecular complexity index is 1090. The SMILES string of the molecule is CCOc1ccc(OCC)c(NC(=O)c2ccc(S(=O)(=O)c3ccccc3)s2)c1. The van der Waals surface area contributed by atoms with Gasteiger partial charge in [0.1, 0.15) is 15.7 Å². The molecule has 29 heavy (non-hydrogen) atoms. The van der Waals surface area contributed by atoms with Gasteiger partial charge >= 0.3 is 0 Å². The van der Waals surface area contributed by atoms with E-state index in [4.69, 9.17) is 9.47 Å². The summed E-state index contributed by atoms with van der Waals surface area (Å²) in [5, 5.41) is 2.79. The predicted octanol–water partition coefficient (Wildman–Crippen LogP) is 4.63. The molecule has 0 atom stereocenters. The first-order valence-electron chi connectivity index (χ1n) is 9.06. The van der Waals surface area contributed by atoms with Gasteiger partial charge in [0, 0.05) is 6.07 Å². The Morgan fingerprint density at radius 1 is 0.966 bits per heavy atom. The number of carbonyl (C=O) groups excluding carboxylic acids is 1. The second-order valence-electron chi connectivity index (χ2n) is 5.91. The maximum Gasteiger partial charge on any atom is 0.265 e. The zero-order valence-corrected chi connectivity index (χ0v) is 17.7. The smallest absolute Gasteiger partial charge is 0.265 e. The van der Waals surface area contributed by atoms with E-state index in [2.05, 4.69) is 5.32 Å². The summed E-state index contributed by atoms with van der Waals surface area (Å²) in [6, 6.07) is 16.3. The molecule has 1 aromatic heterocycles. The Morgan fingerprint density at radius 2 is 1.69 bits per heavy atom. The summed E-state index contributed by atoms with van der Waals surface area (Å²) in [6.07, 6.45) is 0. The van der Waals surface area contributed by atoms with Gasteiger partial charge in [0.05, 0.1) is 28.7 Å². The maximum atomic E-state index is 12.7. The van der Waals surface area contributed by atoms with Crippen molar-refractivity contribution in [3.63, 3.8) is 0 Å². The summed E-state index contributed by atoms with van der Waals surface area (Å²) in [6.45, 7) is 4.65. The highest BCUT2D eigenvalue weighted by molar-refractivity contribution is 7.93. The third-order valence-electron chi connectivity index (χ3n) is 3.93. The number of hydrogen-bond acceptors (Lipinski definition) is 6. The molecule has 0 fully saturated rings. The van der Waals surface area contributed by atoms with E-state index in [1.807, 2.05) is 13.8 Å². The van der Waals surface area contributed by atoms with Crippen molar-refractivity contribution in [2.24, 2.45) is 0 Å². The van der Waals surface area contributed by atoms with Crippen LogP contribution in [0.5, 0.6) is 11.5 Å². The maximum absolute atomic E-state index is 12.7. The van der Waals surface area contributed by atoms with E-state index < -0.39 is 15.7 Å². The number of thiophene rings is 1. The van der Waals surface area contributed by atoms with Crippen LogP contribution >= 0.6 is 11.3 Å². The second-order valence-corrected chi connectivity index (χ2v) is 9.17. The van der Waals surface area contributed by atoms with Crippen molar-refractivity contribution in [2.45, 2.75) is 23.0 Å². The van der Waals surface area contributed by atoms with Crippen molar-refractivity contribution in [1.29, 1.82) is 0 Å². The standard InChI is InChI=1S/C21H21NO5S2/c1-3-26-15-10-11-18(27-4-2)17(14-15)22-21(23)19-12-13-20(28-19)29(24,25)16-8-6-5-7-9-16/h5-14H,3-4H2,1-2H3,(H,22,23). The van der Waals surface area contributed by atoms with Gasteiger partial charge in [0.15, 0.2) is 0 Å². The van der Waals surface area contributed by atoms with E-state index in [1.165, 1.54) is 24.3 Å². The molecule has 0 saturated carbocycles. The molecule has 0 aliphatic carbocycles. The number of nitrogens with one attached hydrogen (secondary N) is 1. The second kappa shape index (κ2) is 9.11. The number of hydrogen-bond donors (Lipinski definition) is 1. The Morgan fingerprint density at radius 3 is 2.38 bits per heavy atom. The van der Waals surface area contributed by atoms with Gasteiger partial charge in [0.25, 0.3) is 5.91 Å². The van der Waals surface area contributed by atoms with Crippen LogP contribution in [0, 0.1) is 0 Å². The van der Waals surface area contributed by atoms with Crippen molar-refractivity contribution in [3.05, 3.63) is 65.5 Å². The summed E-state index contributed by atoms with van der Waals surface area (Å²) >= 11 is 0.924. The van der Waals surface area contributed by atoms with Gasteiger partial charge in [-0.3, -0.25) is 4.79 Å². The molecular weight excluding hydrogens is 410 g/mol. The monoisotopic (exact) mass is 431 g/mol. The van der Waals surface area contributed by atoms with Crippen molar-refractivity contribution < 1.29 is 22.7 Å². The minimum Gasteiger partial charge on any atom is -0.494 e. The number of ether oxygens (including phenoxy) is 2. The van der Waals surface area contributed by atoms with Crippen molar-refractivity contribution in [2.75, 3.05) is 18.5 Å². The highest BCUT2D eigenvalue weighted by atomic mass is 32.2. The van der Waals surface area contributed by atoms with Crippen LogP contribution in [-0.4, -0.2) is 27.5 Å². The van der Waals surface area contributed by atoms with E-state index in [1.54, 1.807) is 36.4 Å². The third-order valence-corrected chi connectivity index (χ3v) is 7.28. The molecule has 3 aromatic rings. The Labute approximate surface area is 174 Å². The average molecular weight is 432 g/mol. The van der Waals surface area contributed by atoms with Crippen LogP contribution in [-0.2, 0) is 9.84 Å². The van der Waals surface area contributed by atoms with E-state index in [9.17, 15) is 13.2 Å². The minimum absolute atomic E-state index is 0.113. The lowest BCUT2D eigenvalue weighted by Gasteiger charge is -2.13. The molecule has 8 heteroatoms. The summed E-state index contributed by atoms with van der Waals surface area (Å²) in [5.41, 5.74) is 0.462. The zero-order valence-electron chi connectivity index (χ0n) is 16.0. The summed E-state index contributed by atoms with van der Waals surface area (Å²) < 4.78 is 36.6. The van der Waals surface area contributed by atoms with Gasteiger partial charge in [-0.05, 0) is 50.2 Å². The fourth-order valence-electron chi connectivity index (χ4n) is 2.63. The molecule has 1 amide bonds. The van der Waals surface area contributed by atoms with E-state index >= 15 is 0 Å². The molecule has 1 N–H and O–H groups in total. The normalized spacial score (nSPS) is 11.1. The fraction of sp³-hybridized carbons (Fsp3) is 0.190. The van der Waals surface area contributed by atoms with Crippen molar-refractivity contribution in [1.82, 2.24) is 0 Å². The molecular formula is C21H21NO5S2. The number of sulfone groups is 1. The Balaban J connectivity index is 1.85. The quantitative estimate of drug-likeness (QED) is 0.562. The molecule has 2 aromatic carbocycles. The third kappa shape index (κ3) is 4.78. The lowest BCUT2D eigenvalue weighted by Crippen LogP contribution is -2.11. The average Bonchev–Trinajstić information content (AvgIpc) is 3.22. The molecule has 0 saturated heterocycles. The van der Waals surface area contributed by atoms with Gasteiger partial charge in [-0.2, -0.15) is 0 Å². The summed E-state index contributed by atoms with van der Waals surface area (Å²) in [5.74, 6) is 0.696. The van der Waals surface area contributed by atoms with E-state index in [0.29, 0.717) is 30.4 Å². The minimum atomic E-state index is -3.66. The number of anilines is 1. The van der Waals surface area contributed by atoms with Gasteiger partial charge in [-0.15, -0.1) is 11.3 Å². The van der Waals surface area contributed by atoms with Crippen molar-refractivity contribution in [3.8, 4) is 11.5 Å². The molecule has 152 valence electrons. The van der Waals surface area contributed by atoms with Crippen LogP contribution in [0.3, 0.4) is 0 Å². The van der Waals surface area contributed by atoms with Gasteiger partial charge in [-0.1, -0.05) is 18.2 Å². The van der Waals surface area contributed by atoms with Gasteiger partial charge in [-0.25, -0.2) is 8.42 Å². The molecule has 6 nitrogen and oxygen atoms in total. The molecule has 0 radical (unpaired) electrons. The van der Waals surface area contributed by atoms with Crippen LogP contribution in [0.1, 0.15) is 23.5 Å². The number of rotatable bonds is 8. The topological polar surface area (TPSA) is 81.7 Å². The number of benzene rings is 2. The van der Waals surface area contributed by atoms with Crippen LogP contribution in [0.15, 0.2) is 69.8 Å². The predicted molar refractivity (Wildman–Crippen MR) is 113 cm³/mol. The molecule has 0 aliphatic heterocycles. The zero-order chi connectivity index (χ0) is 20.9. The first kappa shape index (κ1) is 20.9. The highest BCUT2D eigenvalue weighted by Gasteiger charge is 2.22. The molecule has 0 aliphatic rings. The Kier molecular flexibility index (Phi) is 6.56. The molecule has 1 heterocycles. The van der Waals surface area contributed by atoms with E-state index in [0.717, 1.165) is 11.3 Å². The largest absolute Gasteiger partial charge is 0.494 e. The lowest BCUT2D eigenvalue weighted by molar-refractivity contribution is 0.103. The van der Waals surface area contributed by atoms with Gasteiger partial charge in [0.2, 0.25) is 9.84 Å².